The van der Waals surface area contributed by atoms with E-state index in [0.717, 1.165) is 35.4 Å². The largest absolute Gasteiger partial charge is 0.387 e. The molecule has 0 saturated carbocycles. The third-order valence-electron chi connectivity index (χ3n) is 3.30. The van der Waals surface area contributed by atoms with E-state index in [4.69, 9.17) is 0 Å². The number of para-hydroxylation sites is 1. The summed E-state index contributed by atoms with van der Waals surface area (Å²) in [7, 11) is 0. The molecule has 0 amide bonds. The topological polar surface area (TPSA) is 37.0 Å². The van der Waals surface area contributed by atoms with Crippen LogP contribution in [-0.4, -0.2) is 18.1 Å². The van der Waals surface area contributed by atoms with Crippen LogP contribution >= 0.6 is 0 Å². The highest BCUT2D eigenvalue weighted by atomic mass is 15.0. The molecule has 0 radical (unpaired) electrons. The van der Waals surface area contributed by atoms with Gasteiger partial charge >= 0.3 is 0 Å². The number of aromatic nitrogens is 1. The molecule has 2 aromatic rings. The van der Waals surface area contributed by atoms with E-state index < -0.39 is 0 Å². The van der Waals surface area contributed by atoms with E-state index in [9.17, 15) is 0 Å². The fourth-order valence-electron chi connectivity index (χ4n) is 2.15. The van der Waals surface area contributed by atoms with Gasteiger partial charge in [-0.1, -0.05) is 44.5 Å². The minimum atomic E-state index is 0.736. The van der Waals surface area contributed by atoms with Crippen LogP contribution in [0, 0.1) is 0 Å². The molecule has 3 nitrogen and oxygen atoms in total. The third-order valence-corrected chi connectivity index (χ3v) is 3.30. The monoisotopic (exact) mass is 269 g/mol. The lowest BCUT2D eigenvalue weighted by molar-refractivity contribution is 0.665. The van der Waals surface area contributed by atoms with Gasteiger partial charge in [0, 0.05) is 29.5 Å². The van der Waals surface area contributed by atoms with Crippen molar-refractivity contribution in [2.75, 3.05) is 18.4 Å². The minimum absolute atomic E-state index is 0.736. The first-order valence-corrected chi connectivity index (χ1v) is 7.30. The lowest BCUT2D eigenvalue weighted by atomic mass is 10.2. The molecule has 0 aliphatic carbocycles. The van der Waals surface area contributed by atoms with Crippen LogP contribution in [0.5, 0.6) is 0 Å². The Hall–Kier alpha value is -2.03. The fourth-order valence-corrected chi connectivity index (χ4v) is 2.15. The summed E-state index contributed by atoms with van der Waals surface area (Å²) in [5.74, 6) is 0. The molecule has 0 spiro atoms. The second-order valence-electron chi connectivity index (χ2n) is 4.97. The van der Waals surface area contributed by atoms with Gasteiger partial charge in [0.05, 0.1) is 12.1 Å². The molecule has 0 saturated heterocycles. The lowest BCUT2D eigenvalue weighted by Crippen LogP contribution is -2.20. The van der Waals surface area contributed by atoms with Crippen LogP contribution in [0.25, 0.3) is 10.9 Å². The van der Waals surface area contributed by atoms with Gasteiger partial charge in [0.2, 0.25) is 0 Å². The molecular formula is C17H23N3. The predicted molar refractivity (Wildman–Crippen MR) is 86.9 cm³/mol. The summed E-state index contributed by atoms with van der Waals surface area (Å²) in [5.41, 5.74) is 3.15. The molecule has 0 unspecified atom stereocenters. The van der Waals surface area contributed by atoms with Crippen molar-refractivity contribution in [2.24, 2.45) is 0 Å². The van der Waals surface area contributed by atoms with Crippen molar-refractivity contribution in [1.82, 2.24) is 10.3 Å². The number of nitrogens with one attached hydrogen (secondary N) is 2. The lowest BCUT2D eigenvalue weighted by Gasteiger charge is -2.13. The number of hydrogen-bond acceptors (Lipinski definition) is 3. The number of anilines is 1. The normalized spacial score (nSPS) is 10.4. The maximum absolute atomic E-state index is 4.36. The smallest absolute Gasteiger partial charge is 0.0722 e. The van der Waals surface area contributed by atoms with E-state index in [0.29, 0.717) is 0 Å². The summed E-state index contributed by atoms with van der Waals surface area (Å²) in [6.07, 6.45) is 5.55. The molecule has 0 fully saturated rings. The summed E-state index contributed by atoms with van der Waals surface area (Å²) >= 11 is 0. The van der Waals surface area contributed by atoms with Gasteiger partial charge in [-0.3, -0.25) is 4.98 Å². The van der Waals surface area contributed by atoms with Gasteiger partial charge in [-0.2, -0.15) is 0 Å². The summed E-state index contributed by atoms with van der Waals surface area (Å²) in [5, 5.41) is 7.94. The van der Waals surface area contributed by atoms with Crippen molar-refractivity contribution < 1.29 is 0 Å². The van der Waals surface area contributed by atoms with E-state index in [1.54, 1.807) is 0 Å². The van der Waals surface area contributed by atoms with Gasteiger partial charge in [-0.15, -0.1) is 0 Å². The number of nitrogens with zero attached hydrogens (tertiary/aromatic N) is 1. The Morgan fingerprint density at radius 3 is 2.90 bits per heavy atom. The van der Waals surface area contributed by atoms with Gasteiger partial charge in [0.1, 0.15) is 0 Å². The Morgan fingerprint density at radius 2 is 2.05 bits per heavy atom. The molecule has 3 heteroatoms. The second kappa shape index (κ2) is 7.53. The zero-order chi connectivity index (χ0) is 14.2. The third kappa shape index (κ3) is 3.98. The molecule has 0 atom stereocenters. The number of pyridine rings is 1. The Kier molecular flexibility index (Phi) is 5.42. The standard InChI is InChI=1S/C17H23N3/c1-3-4-7-11-18-14(2)13-20-17-10-12-19-16-9-6-5-8-15(16)17/h5-6,8-10,12,18H,2-4,7,11,13H2,1H3,(H,19,20). The first kappa shape index (κ1) is 14.4. The molecule has 106 valence electrons. The molecule has 0 aliphatic heterocycles. The molecule has 2 N–H and O–H groups in total. The quantitative estimate of drug-likeness (QED) is 0.713. The maximum atomic E-state index is 4.36. The number of benzene rings is 1. The highest BCUT2D eigenvalue weighted by Gasteiger charge is 2.01. The average molecular weight is 269 g/mol. The van der Waals surface area contributed by atoms with Crippen LogP contribution in [0.1, 0.15) is 26.2 Å². The number of hydrogen-bond donors (Lipinski definition) is 2. The molecule has 0 bridgehead atoms. The van der Waals surface area contributed by atoms with Crippen LogP contribution in [-0.2, 0) is 0 Å². The highest BCUT2D eigenvalue weighted by Crippen LogP contribution is 2.20. The SMILES string of the molecule is C=C(CNc1ccnc2ccccc12)NCCCCC. The minimum Gasteiger partial charge on any atom is -0.387 e. The fraction of sp³-hybridized carbons (Fsp3) is 0.353. The Labute approximate surface area is 121 Å². The van der Waals surface area contributed by atoms with Crippen LogP contribution in [0.2, 0.25) is 0 Å². The first-order chi connectivity index (χ1) is 9.81. The van der Waals surface area contributed by atoms with Crippen LogP contribution in [0.15, 0.2) is 48.8 Å². The van der Waals surface area contributed by atoms with Crippen molar-refractivity contribution in [3.05, 3.63) is 48.8 Å². The van der Waals surface area contributed by atoms with Crippen molar-refractivity contribution in [2.45, 2.75) is 26.2 Å². The first-order valence-electron chi connectivity index (χ1n) is 7.30. The zero-order valence-corrected chi connectivity index (χ0v) is 12.2. The molecule has 1 heterocycles. The molecule has 20 heavy (non-hydrogen) atoms. The predicted octanol–water partition coefficient (Wildman–Crippen LogP) is 3.94. The van der Waals surface area contributed by atoms with Gasteiger partial charge in [-0.25, -0.2) is 0 Å². The molecule has 2 rings (SSSR count). The Morgan fingerprint density at radius 1 is 1.20 bits per heavy atom. The van der Waals surface area contributed by atoms with Crippen LogP contribution < -0.4 is 10.6 Å². The Bertz CT molecular complexity index is 558. The number of rotatable bonds is 8. The zero-order valence-electron chi connectivity index (χ0n) is 12.2. The number of unbranched alkanes of at least 4 members (excludes halogenated alkanes) is 2. The molecule has 1 aromatic carbocycles. The average Bonchev–Trinajstić information content (AvgIpc) is 2.49. The number of fused-ring (bicyclic) bond motifs is 1. The highest BCUT2D eigenvalue weighted by molar-refractivity contribution is 5.90. The van der Waals surface area contributed by atoms with Crippen molar-refractivity contribution in [3.63, 3.8) is 0 Å². The van der Waals surface area contributed by atoms with E-state index >= 15 is 0 Å². The molecule has 0 aliphatic rings. The van der Waals surface area contributed by atoms with Crippen LogP contribution in [0.3, 0.4) is 0 Å². The van der Waals surface area contributed by atoms with E-state index in [-0.39, 0.29) is 0 Å². The Balaban J connectivity index is 1.88. The van der Waals surface area contributed by atoms with E-state index in [1.807, 2.05) is 30.5 Å². The summed E-state index contributed by atoms with van der Waals surface area (Å²) in [6, 6.07) is 10.2. The second-order valence-corrected chi connectivity index (χ2v) is 4.97. The summed E-state index contributed by atoms with van der Waals surface area (Å²) < 4.78 is 0. The van der Waals surface area contributed by atoms with Crippen molar-refractivity contribution in [1.29, 1.82) is 0 Å². The summed E-state index contributed by atoms with van der Waals surface area (Å²) in [6.45, 7) is 8.01. The van der Waals surface area contributed by atoms with Gasteiger partial charge in [0.25, 0.3) is 0 Å². The molecule has 1 aromatic heterocycles. The van der Waals surface area contributed by atoms with E-state index in [2.05, 4.69) is 35.2 Å². The summed E-state index contributed by atoms with van der Waals surface area (Å²) in [4.78, 5) is 4.36. The van der Waals surface area contributed by atoms with Gasteiger partial charge in [-0.05, 0) is 18.6 Å². The van der Waals surface area contributed by atoms with Crippen molar-refractivity contribution >= 4 is 16.6 Å². The van der Waals surface area contributed by atoms with Gasteiger partial charge in [0.15, 0.2) is 0 Å². The van der Waals surface area contributed by atoms with E-state index in [1.165, 1.54) is 19.3 Å². The molecular weight excluding hydrogens is 246 g/mol. The van der Waals surface area contributed by atoms with Gasteiger partial charge < -0.3 is 10.6 Å². The van der Waals surface area contributed by atoms with Crippen molar-refractivity contribution in [3.8, 4) is 0 Å². The van der Waals surface area contributed by atoms with Crippen LogP contribution in [0.4, 0.5) is 5.69 Å². The maximum Gasteiger partial charge on any atom is 0.0722 e.